The molecular weight excluding hydrogens is 258 g/mol. The Morgan fingerprint density at radius 2 is 2.00 bits per heavy atom. The SMILES string of the molecule is Cn1cc(C(=O)N2CCCC2)c2ccc([N+](=O)[O-])cc21. The van der Waals surface area contributed by atoms with Crippen LogP contribution in [0.4, 0.5) is 5.69 Å². The predicted molar refractivity (Wildman–Crippen MR) is 74.7 cm³/mol. The lowest BCUT2D eigenvalue weighted by Crippen LogP contribution is -2.27. The first kappa shape index (κ1) is 12.7. The predicted octanol–water partition coefficient (Wildman–Crippen LogP) is 2.32. The summed E-state index contributed by atoms with van der Waals surface area (Å²) in [5.41, 5.74) is 1.37. The Morgan fingerprint density at radius 3 is 2.65 bits per heavy atom. The normalized spacial score (nSPS) is 14.9. The molecule has 0 spiro atoms. The fourth-order valence-corrected chi connectivity index (χ4v) is 2.75. The average Bonchev–Trinajstić information content (AvgIpc) is 3.06. The molecule has 0 aliphatic carbocycles. The van der Waals surface area contributed by atoms with E-state index in [1.54, 1.807) is 23.9 Å². The van der Waals surface area contributed by atoms with Crippen molar-refractivity contribution in [3.05, 3.63) is 40.1 Å². The maximum Gasteiger partial charge on any atom is 0.271 e. The van der Waals surface area contributed by atoms with E-state index in [0.29, 0.717) is 11.1 Å². The van der Waals surface area contributed by atoms with Gasteiger partial charge in [0.15, 0.2) is 0 Å². The van der Waals surface area contributed by atoms with E-state index in [4.69, 9.17) is 0 Å². The molecule has 1 saturated heterocycles. The molecule has 1 fully saturated rings. The van der Waals surface area contributed by atoms with Crippen LogP contribution < -0.4 is 0 Å². The molecule has 104 valence electrons. The van der Waals surface area contributed by atoms with Crippen molar-refractivity contribution in [2.75, 3.05) is 13.1 Å². The summed E-state index contributed by atoms with van der Waals surface area (Å²) >= 11 is 0. The van der Waals surface area contributed by atoms with Crippen LogP contribution in [0.2, 0.25) is 0 Å². The van der Waals surface area contributed by atoms with Crippen LogP contribution in [-0.4, -0.2) is 33.4 Å². The molecule has 1 aliphatic rings. The molecule has 0 bridgehead atoms. The number of nitro groups is 1. The minimum absolute atomic E-state index is 0.0157. The van der Waals surface area contributed by atoms with Crippen LogP contribution in [0.1, 0.15) is 23.2 Å². The highest BCUT2D eigenvalue weighted by Gasteiger charge is 2.23. The van der Waals surface area contributed by atoms with E-state index in [0.717, 1.165) is 31.3 Å². The number of non-ortho nitro benzene ring substituents is 1. The Kier molecular flexibility index (Phi) is 2.93. The number of nitrogens with zero attached hydrogens (tertiary/aromatic N) is 3. The van der Waals surface area contributed by atoms with Crippen molar-refractivity contribution in [3.8, 4) is 0 Å². The van der Waals surface area contributed by atoms with Gasteiger partial charge in [-0.05, 0) is 18.9 Å². The van der Waals surface area contributed by atoms with E-state index in [9.17, 15) is 14.9 Å². The highest BCUT2D eigenvalue weighted by atomic mass is 16.6. The molecule has 3 rings (SSSR count). The first-order chi connectivity index (χ1) is 9.58. The van der Waals surface area contributed by atoms with Crippen LogP contribution in [0.5, 0.6) is 0 Å². The molecule has 20 heavy (non-hydrogen) atoms. The number of rotatable bonds is 2. The van der Waals surface area contributed by atoms with Crippen LogP contribution in [0.3, 0.4) is 0 Å². The Hall–Kier alpha value is -2.37. The van der Waals surface area contributed by atoms with E-state index in [-0.39, 0.29) is 11.6 Å². The van der Waals surface area contributed by atoms with Gasteiger partial charge in [-0.1, -0.05) is 0 Å². The Labute approximate surface area is 115 Å². The largest absolute Gasteiger partial charge is 0.350 e. The van der Waals surface area contributed by atoms with Gasteiger partial charge in [0.2, 0.25) is 0 Å². The van der Waals surface area contributed by atoms with Crippen LogP contribution in [0.25, 0.3) is 10.9 Å². The monoisotopic (exact) mass is 273 g/mol. The summed E-state index contributed by atoms with van der Waals surface area (Å²) in [6.07, 6.45) is 3.85. The molecule has 0 N–H and O–H groups in total. The number of fused-ring (bicyclic) bond motifs is 1. The quantitative estimate of drug-likeness (QED) is 0.623. The van der Waals surface area contributed by atoms with Gasteiger partial charge in [0.25, 0.3) is 11.6 Å². The van der Waals surface area contributed by atoms with Gasteiger partial charge in [0.05, 0.1) is 16.0 Å². The van der Waals surface area contributed by atoms with Crippen molar-refractivity contribution in [1.82, 2.24) is 9.47 Å². The summed E-state index contributed by atoms with van der Waals surface area (Å²) in [7, 11) is 1.80. The molecule has 0 saturated carbocycles. The zero-order valence-corrected chi connectivity index (χ0v) is 11.2. The summed E-state index contributed by atoms with van der Waals surface area (Å²) in [5, 5.41) is 11.6. The van der Waals surface area contributed by atoms with E-state index in [1.807, 2.05) is 4.90 Å². The van der Waals surface area contributed by atoms with Crippen molar-refractivity contribution in [3.63, 3.8) is 0 Å². The van der Waals surface area contributed by atoms with Crippen molar-refractivity contribution in [1.29, 1.82) is 0 Å². The van der Waals surface area contributed by atoms with Gasteiger partial charge < -0.3 is 9.47 Å². The van der Waals surface area contributed by atoms with Crippen LogP contribution in [0.15, 0.2) is 24.4 Å². The molecule has 1 aromatic carbocycles. The van der Waals surface area contributed by atoms with Crippen molar-refractivity contribution < 1.29 is 9.72 Å². The first-order valence-corrected chi connectivity index (χ1v) is 6.60. The molecule has 1 aromatic heterocycles. The standard InChI is InChI=1S/C14H15N3O3/c1-15-9-12(14(18)16-6-2-3-7-16)11-5-4-10(17(19)20)8-13(11)15/h4-5,8-9H,2-3,6-7H2,1H3. The molecular formula is C14H15N3O3. The van der Waals surface area contributed by atoms with Crippen LogP contribution >= 0.6 is 0 Å². The number of benzene rings is 1. The average molecular weight is 273 g/mol. The van der Waals surface area contributed by atoms with Gasteiger partial charge in [-0.2, -0.15) is 0 Å². The van der Waals surface area contributed by atoms with E-state index in [1.165, 1.54) is 12.1 Å². The summed E-state index contributed by atoms with van der Waals surface area (Å²) in [6, 6.07) is 4.62. The van der Waals surface area contributed by atoms with Gasteiger partial charge in [-0.15, -0.1) is 0 Å². The van der Waals surface area contributed by atoms with E-state index >= 15 is 0 Å². The zero-order valence-electron chi connectivity index (χ0n) is 11.2. The smallest absolute Gasteiger partial charge is 0.271 e. The Morgan fingerprint density at radius 1 is 1.30 bits per heavy atom. The number of hydrogen-bond donors (Lipinski definition) is 0. The number of nitro benzene ring substituents is 1. The number of aromatic nitrogens is 1. The lowest BCUT2D eigenvalue weighted by atomic mass is 10.1. The minimum atomic E-state index is -0.422. The molecule has 2 heterocycles. The number of amides is 1. The van der Waals surface area contributed by atoms with Crippen molar-refractivity contribution >= 4 is 22.5 Å². The van der Waals surface area contributed by atoms with Gasteiger partial charge >= 0.3 is 0 Å². The van der Waals surface area contributed by atoms with Gasteiger partial charge in [0, 0.05) is 43.9 Å². The fourth-order valence-electron chi connectivity index (χ4n) is 2.75. The van der Waals surface area contributed by atoms with Crippen molar-refractivity contribution in [2.45, 2.75) is 12.8 Å². The summed E-state index contributed by atoms with van der Waals surface area (Å²) in [4.78, 5) is 24.7. The molecule has 2 aromatic rings. The molecule has 1 aliphatic heterocycles. The molecule has 6 heteroatoms. The topological polar surface area (TPSA) is 68.4 Å². The van der Waals surface area contributed by atoms with E-state index < -0.39 is 4.92 Å². The highest BCUT2D eigenvalue weighted by Crippen LogP contribution is 2.27. The third-order valence-corrected chi connectivity index (χ3v) is 3.81. The second-order valence-electron chi connectivity index (χ2n) is 5.11. The molecule has 0 unspecified atom stereocenters. The Bertz CT molecular complexity index is 699. The Balaban J connectivity index is 2.08. The number of aryl methyl sites for hydroxylation is 1. The first-order valence-electron chi connectivity index (χ1n) is 6.60. The second-order valence-corrected chi connectivity index (χ2v) is 5.11. The zero-order chi connectivity index (χ0) is 14.3. The third-order valence-electron chi connectivity index (χ3n) is 3.81. The number of carbonyl (C=O) groups is 1. The third kappa shape index (κ3) is 1.93. The molecule has 1 amide bonds. The maximum absolute atomic E-state index is 12.5. The molecule has 6 nitrogen and oxygen atoms in total. The van der Waals surface area contributed by atoms with Gasteiger partial charge in [-0.25, -0.2) is 0 Å². The second kappa shape index (κ2) is 4.63. The summed E-state index contributed by atoms with van der Waals surface area (Å²) < 4.78 is 1.77. The fraction of sp³-hybridized carbons (Fsp3) is 0.357. The number of carbonyl (C=O) groups excluding carboxylic acids is 1. The van der Waals surface area contributed by atoms with Crippen LogP contribution in [-0.2, 0) is 7.05 Å². The van der Waals surface area contributed by atoms with Gasteiger partial charge in [0.1, 0.15) is 0 Å². The number of likely N-dealkylation sites (tertiary alicyclic amines) is 1. The highest BCUT2D eigenvalue weighted by molar-refractivity contribution is 6.07. The molecule has 0 atom stereocenters. The minimum Gasteiger partial charge on any atom is -0.350 e. The summed E-state index contributed by atoms with van der Waals surface area (Å²) in [6.45, 7) is 1.59. The lowest BCUT2D eigenvalue weighted by Gasteiger charge is -2.14. The lowest BCUT2D eigenvalue weighted by molar-refractivity contribution is -0.384. The number of hydrogen-bond acceptors (Lipinski definition) is 3. The van der Waals surface area contributed by atoms with E-state index in [2.05, 4.69) is 0 Å². The molecule has 0 radical (unpaired) electrons. The maximum atomic E-state index is 12.5. The summed E-state index contributed by atoms with van der Waals surface area (Å²) in [5.74, 6) is 0.0157. The van der Waals surface area contributed by atoms with Crippen molar-refractivity contribution in [2.24, 2.45) is 7.05 Å². The van der Waals surface area contributed by atoms with Gasteiger partial charge in [-0.3, -0.25) is 14.9 Å². The van der Waals surface area contributed by atoms with Crippen LogP contribution in [0, 0.1) is 10.1 Å².